The van der Waals surface area contributed by atoms with Gasteiger partial charge in [-0.2, -0.15) is 5.10 Å². The minimum atomic E-state index is 0.711. The van der Waals surface area contributed by atoms with Gasteiger partial charge in [-0.25, -0.2) is 14.5 Å². The first kappa shape index (κ1) is 10.9. The number of aryl methyl sites for hydroxylation is 1. The summed E-state index contributed by atoms with van der Waals surface area (Å²) in [6.07, 6.45) is 7.42. The van der Waals surface area contributed by atoms with Gasteiger partial charge in [0.15, 0.2) is 5.65 Å². The first-order valence-electron chi connectivity index (χ1n) is 5.81. The number of nitrogens with zero attached hydrogens (tertiary/aromatic N) is 4. The molecule has 0 saturated carbocycles. The Morgan fingerprint density at radius 2 is 2.28 bits per heavy atom. The predicted octanol–water partition coefficient (Wildman–Crippen LogP) is 1.05. The summed E-state index contributed by atoms with van der Waals surface area (Å²) in [7, 11) is 0. The van der Waals surface area contributed by atoms with Crippen molar-refractivity contribution in [1.29, 1.82) is 0 Å². The average Bonchev–Trinajstić information content (AvgIpc) is 2.96. The van der Waals surface area contributed by atoms with Gasteiger partial charge in [-0.05, 0) is 6.92 Å². The number of imidazole rings is 1. The Bertz CT molecular complexity index is 640. The number of hydrogen-bond acceptors (Lipinski definition) is 4. The maximum atomic E-state index is 4.35. The molecule has 0 aromatic carbocycles. The molecule has 0 aliphatic carbocycles. The van der Waals surface area contributed by atoms with Crippen molar-refractivity contribution >= 4 is 5.65 Å². The lowest BCUT2D eigenvalue weighted by atomic mass is 10.3. The SMILES string of the molecule is Cc1cc2ncc(CNCc3ncc[nH]3)cn2n1. The highest BCUT2D eigenvalue weighted by molar-refractivity contribution is 5.38. The van der Waals surface area contributed by atoms with Crippen LogP contribution in [0.2, 0.25) is 0 Å². The predicted molar refractivity (Wildman–Crippen MR) is 66.9 cm³/mol. The molecule has 0 unspecified atom stereocenters. The first-order valence-corrected chi connectivity index (χ1v) is 5.81. The number of hydrogen-bond donors (Lipinski definition) is 2. The second-order valence-electron chi connectivity index (χ2n) is 4.19. The average molecular weight is 242 g/mol. The molecule has 0 atom stereocenters. The fourth-order valence-corrected chi connectivity index (χ4v) is 1.85. The molecule has 92 valence electrons. The van der Waals surface area contributed by atoms with Crippen molar-refractivity contribution < 1.29 is 0 Å². The fourth-order valence-electron chi connectivity index (χ4n) is 1.85. The zero-order valence-corrected chi connectivity index (χ0v) is 10.1. The van der Waals surface area contributed by atoms with Crippen molar-refractivity contribution in [3.63, 3.8) is 0 Å². The number of rotatable bonds is 4. The van der Waals surface area contributed by atoms with E-state index in [2.05, 4.69) is 25.4 Å². The van der Waals surface area contributed by atoms with Crippen LogP contribution in [0, 0.1) is 6.92 Å². The smallest absolute Gasteiger partial charge is 0.155 e. The number of nitrogens with one attached hydrogen (secondary N) is 2. The van der Waals surface area contributed by atoms with Crippen LogP contribution in [0.5, 0.6) is 0 Å². The summed E-state index contributed by atoms with van der Waals surface area (Å²) >= 11 is 0. The van der Waals surface area contributed by atoms with E-state index in [1.54, 1.807) is 10.7 Å². The van der Waals surface area contributed by atoms with E-state index in [4.69, 9.17) is 0 Å². The van der Waals surface area contributed by atoms with E-state index in [-0.39, 0.29) is 0 Å². The molecule has 3 rings (SSSR count). The molecule has 6 nitrogen and oxygen atoms in total. The third-order valence-corrected chi connectivity index (χ3v) is 2.67. The van der Waals surface area contributed by atoms with Crippen molar-refractivity contribution in [2.24, 2.45) is 0 Å². The van der Waals surface area contributed by atoms with Crippen molar-refractivity contribution in [3.05, 3.63) is 47.9 Å². The zero-order chi connectivity index (χ0) is 12.4. The summed E-state index contributed by atoms with van der Waals surface area (Å²) in [4.78, 5) is 11.6. The molecule has 0 spiro atoms. The Hall–Kier alpha value is -2.21. The van der Waals surface area contributed by atoms with E-state index in [0.29, 0.717) is 6.54 Å². The van der Waals surface area contributed by atoms with Crippen molar-refractivity contribution in [3.8, 4) is 0 Å². The Balaban J connectivity index is 1.67. The Labute approximate surface area is 104 Å². The molecule has 3 aromatic heterocycles. The van der Waals surface area contributed by atoms with Crippen molar-refractivity contribution in [1.82, 2.24) is 29.9 Å². The van der Waals surface area contributed by atoms with Gasteiger partial charge in [-0.3, -0.25) is 0 Å². The minimum absolute atomic E-state index is 0.711. The third kappa shape index (κ3) is 2.23. The fraction of sp³-hybridized carbons (Fsp3) is 0.250. The molecule has 0 aliphatic rings. The van der Waals surface area contributed by atoms with Crippen LogP contribution in [0.1, 0.15) is 17.1 Å². The molecular formula is C12H14N6. The summed E-state index contributed by atoms with van der Waals surface area (Å²) in [6.45, 7) is 3.41. The number of fused-ring (bicyclic) bond motifs is 1. The molecule has 6 heteroatoms. The summed E-state index contributed by atoms with van der Waals surface area (Å²) < 4.78 is 1.80. The van der Waals surface area contributed by atoms with Crippen LogP contribution in [0.15, 0.2) is 30.9 Å². The highest BCUT2D eigenvalue weighted by atomic mass is 15.2. The normalized spacial score (nSPS) is 11.2. The van der Waals surface area contributed by atoms with E-state index in [1.165, 1.54) is 0 Å². The van der Waals surface area contributed by atoms with Gasteiger partial charge < -0.3 is 10.3 Å². The van der Waals surface area contributed by atoms with Gasteiger partial charge in [0, 0.05) is 43.0 Å². The van der Waals surface area contributed by atoms with Crippen LogP contribution in [0.25, 0.3) is 5.65 Å². The molecule has 0 bridgehead atoms. The molecular weight excluding hydrogens is 228 g/mol. The largest absolute Gasteiger partial charge is 0.348 e. The Morgan fingerprint density at radius 3 is 3.11 bits per heavy atom. The molecule has 2 N–H and O–H groups in total. The van der Waals surface area contributed by atoms with E-state index in [0.717, 1.165) is 29.3 Å². The third-order valence-electron chi connectivity index (χ3n) is 2.67. The summed E-state index contributed by atoms with van der Waals surface area (Å²) in [5.74, 6) is 0.930. The quantitative estimate of drug-likeness (QED) is 0.717. The van der Waals surface area contributed by atoms with Crippen molar-refractivity contribution in [2.75, 3.05) is 0 Å². The first-order chi connectivity index (χ1) is 8.81. The van der Waals surface area contributed by atoms with Gasteiger partial charge in [0.1, 0.15) is 5.82 Å². The second-order valence-corrected chi connectivity index (χ2v) is 4.19. The lowest BCUT2D eigenvalue weighted by Crippen LogP contribution is -2.14. The number of H-pyrrole nitrogens is 1. The van der Waals surface area contributed by atoms with E-state index in [9.17, 15) is 0 Å². The molecule has 0 aliphatic heterocycles. The van der Waals surface area contributed by atoms with Crippen LogP contribution < -0.4 is 5.32 Å². The molecule has 0 radical (unpaired) electrons. The van der Waals surface area contributed by atoms with Gasteiger partial charge in [-0.15, -0.1) is 0 Å². The van der Waals surface area contributed by atoms with Gasteiger partial charge >= 0.3 is 0 Å². The number of aromatic amines is 1. The van der Waals surface area contributed by atoms with Crippen LogP contribution >= 0.6 is 0 Å². The van der Waals surface area contributed by atoms with Gasteiger partial charge in [0.25, 0.3) is 0 Å². The molecule has 18 heavy (non-hydrogen) atoms. The highest BCUT2D eigenvalue weighted by Crippen LogP contribution is 2.04. The molecule has 0 fully saturated rings. The van der Waals surface area contributed by atoms with Crippen LogP contribution in [0.4, 0.5) is 0 Å². The van der Waals surface area contributed by atoms with E-state index < -0.39 is 0 Å². The Kier molecular flexibility index (Phi) is 2.77. The molecule has 3 aromatic rings. The molecule has 0 saturated heterocycles. The van der Waals surface area contributed by atoms with E-state index in [1.807, 2.05) is 31.6 Å². The van der Waals surface area contributed by atoms with Crippen LogP contribution in [0.3, 0.4) is 0 Å². The highest BCUT2D eigenvalue weighted by Gasteiger charge is 2.01. The minimum Gasteiger partial charge on any atom is -0.348 e. The Morgan fingerprint density at radius 1 is 1.33 bits per heavy atom. The lowest BCUT2D eigenvalue weighted by Gasteiger charge is -2.03. The summed E-state index contributed by atoms with van der Waals surface area (Å²) in [5, 5.41) is 7.64. The van der Waals surface area contributed by atoms with Gasteiger partial charge in [0.05, 0.1) is 12.2 Å². The van der Waals surface area contributed by atoms with Gasteiger partial charge in [-0.1, -0.05) is 0 Å². The maximum Gasteiger partial charge on any atom is 0.155 e. The lowest BCUT2D eigenvalue weighted by molar-refractivity contribution is 0.663. The van der Waals surface area contributed by atoms with E-state index >= 15 is 0 Å². The maximum absolute atomic E-state index is 4.35. The van der Waals surface area contributed by atoms with Crippen LogP contribution in [-0.2, 0) is 13.1 Å². The topological polar surface area (TPSA) is 70.9 Å². The summed E-state index contributed by atoms with van der Waals surface area (Å²) in [6, 6.07) is 1.96. The van der Waals surface area contributed by atoms with Gasteiger partial charge in [0.2, 0.25) is 0 Å². The summed E-state index contributed by atoms with van der Waals surface area (Å²) in [5.41, 5.74) is 2.95. The van der Waals surface area contributed by atoms with Crippen molar-refractivity contribution in [2.45, 2.75) is 20.0 Å². The zero-order valence-electron chi connectivity index (χ0n) is 10.1. The monoisotopic (exact) mass is 242 g/mol. The second kappa shape index (κ2) is 4.58. The molecule has 3 heterocycles. The number of aromatic nitrogens is 5. The standard InChI is InChI=1S/C12H14N6/c1-9-4-12-16-6-10(8-18(12)17-9)5-13-7-11-14-2-3-15-11/h2-4,6,8,13H,5,7H2,1H3,(H,14,15). The molecule has 0 amide bonds. The van der Waals surface area contributed by atoms with Crippen LogP contribution in [-0.4, -0.2) is 24.6 Å².